The molecule has 0 aliphatic carbocycles. The third-order valence-electron chi connectivity index (χ3n) is 1.92. The van der Waals surface area contributed by atoms with Gasteiger partial charge in [0, 0.05) is 0 Å². The number of hydrogen-bond donors (Lipinski definition) is 0. The smallest absolute Gasteiger partial charge is 0.123 e. The molecule has 0 aliphatic heterocycles. The van der Waals surface area contributed by atoms with Crippen molar-refractivity contribution in [1.29, 1.82) is 5.26 Å². The lowest BCUT2D eigenvalue weighted by Crippen LogP contribution is -1.93. The van der Waals surface area contributed by atoms with Gasteiger partial charge in [0.25, 0.3) is 0 Å². The molecule has 0 atom stereocenters. The van der Waals surface area contributed by atoms with Gasteiger partial charge in [0.05, 0.1) is 12.5 Å². The SMILES string of the molecule is Cc1cc(F)cc(C)c1CC#N. The fraction of sp³-hybridized carbons (Fsp3) is 0.300. The van der Waals surface area contributed by atoms with E-state index in [1.807, 2.05) is 13.8 Å². The summed E-state index contributed by atoms with van der Waals surface area (Å²) in [5, 5.41) is 8.49. The van der Waals surface area contributed by atoms with Crippen molar-refractivity contribution in [3.8, 4) is 6.07 Å². The molecule has 0 saturated carbocycles. The summed E-state index contributed by atoms with van der Waals surface area (Å²) in [7, 11) is 0. The van der Waals surface area contributed by atoms with E-state index >= 15 is 0 Å². The van der Waals surface area contributed by atoms with E-state index in [4.69, 9.17) is 5.26 Å². The van der Waals surface area contributed by atoms with Crippen LogP contribution in [0.3, 0.4) is 0 Å². The van der Waals surface area contributed by atoms with Gasteiger partial charge in [-0.15, -0.1) is 0 Å². The van der Waals surface area contributed by atoms with Crippen molar-refractivity contribution < 1.29 is 4.39 Å². The predicted molar refractivity (Wildman–Crippen MR) is 45.2 cm³/mol. The summed E-state index contributed by atoms with van der Waals surface area (Å²) in [6.07, 6.45) is 0.359. The van der Waals surface area contributed by atoms with Crippen molar-refractivity contribution in [3.05, 3.63) is 34.6 Å². The molecule has 0 unspecified atom stereocenters. The highest BCUT2D eigenvalue weighted by atomic mass is 19.1. The van der Waals surface area contributed by atoms with E-state index in [0.717, 1.165) is 16.7 Å². The molecule has 1 rings (SSSR count). The standard InChI is InChI=1S/C10H10FN/c1-7-5-9(11)6-8(2)10(7)3-4-12/h5-6H,3H2,1-2H3. The zero-order valence-corrected chi connectivity index (χ0v) is 7.19. The number of rotatable bonds is 1. The lowest BCUT2D eigenvalue weighted by atomic mass is 10.0. The van der Waals surface area contributed by atoms with E-state index in [0.29, 0.717) is 6.42 Å². The summed E-state index contributed by atoms with van der Waals surface area (Å²) in [4.78, 5) is 0. The molecule has 1 aromatic rings. The zero-order valence-electron chi connectivity index (χ0n) is 7.19. The van der Waals surface area contributed by atoms with Crippen LogP contribution in [0.4, 0.5) is 4.39 Å². The lowest BCUT2D eigenvalue weighted by Gasteiger charge is -2.05. The Bertz CT molecular complexity index is 313. The van der Waals surface area contributed by atoms with Crippen LogP contribution in [0.5, 0.6) is 0 Å². The number of nitrogens with zero attached hydrogens (tertiary/aromatic N) is 1. The molecule has 0 heterocycles. The minimum absolute atomic E-state index is 0.230. The fourth-order valence-electron chi connectivity index (χ4n) is 1.30. The average Bonchev–Trinajstić information content (AvgIpc) is 1.96. The van der Waals surface area contributed by atoms with Gasteiger partial charge >= 0.3 is 0 Å². The highest BCUT2D eigenvalue weighted by Gasteiger charge is 2.03. The maximum Gasteiger partial charge on any atom is 0.123 e. The van der Waals surface area contributed by atoms with Crippen LogP contribution in [0.15, 0.2) is 12.1 Å². The second kappa shape index (κ2) is 3.36. The number of aryl methyl sites for hydroxylation is 2. The van der Waals surface area contributed by atoms with Crippen LogP contribution in [0.25, 0.3) is 0 Å². The first kappa shape index (κ1) is 8.73. The molecule has 2 heteroatoms. The fourth-order valence-corrected chi connectivity index (χ4v) is 1.30. The van der Waals surface area contributed by atoms with E-state index in [1.165, 1.54) is 12.1 Å². The van der Waals surface area contributed by atoms with Crippen molar-refractivity contribution in [3.63, 3.8) is 0 Å². The maximum atomic E-state index is 12.8. The molecule has 1 nitrogen and oxygen atoms in total. The van der Waals surface area contributed by atoms with Crippen LogP contribution in [-0.2, 0) is 6.42 Å². The van der Waals surface area contributed by atoms with Gasteiger partial charge in [-0.3, -0.25) is 0 Å². The summed E-state index contributed by atoms with van der Waals surface area (Å²) in [5.41, 5.74) is 2.65. The Morgan fingerprint density at radius 2 is 1.83 bits per heavy atom. The van der Waals surface area contributed by atoms with Gasteiger partial charge < -0.3 is 0 Å². The first-order valence-corrected chi connectivity index (χ1v) is 3.77. The number of nitriles is 1. The molecule has 0 bridgehead atoms. The van der Waals surface area contributed by atoms with Crippen LogP contribution < -0.4 is 0 Å². The Morgan fingerprint density at radius 3 is 2.25 bits per heavy atom. The summed E-state index contributed by atoms with van der Waals surface area (Å²) in [5.74, 6) is -0.230. The highest BCUT2D eigenvalue weighted by Crippen LogP contribution is 2.15. The molecule has 12 heavy (non-hydrogen) atoms. The molecule has 0 radical (unpaired) electrons. The zero-order chi connectivity index (χ0) is 9.14. The quantitative estimate of drug-likeness (QED) is 0.624. The molecule has 0 saturated heterocycles. The number of hydrogen-bond acceptors (Lipinski definition) is 1. The van der Waals surface area contributed by atoms with Crippen LogP contribution in [0.1, 0.15) is 16.7 Å². The lowest BCUT2D eigenvalue weighted by molar-refractivity contribution is 0.624. The normalized spacial score (nSPS) is 9.50. The molecule has 0 fully saturated rings. The van der Waals surface area contributed by atoms with Crippen LogP contribution in [0, 0.1) is 31.0 Å². The van der Waals surface area contributed by atoms with E-state index in [9.17, 15) is 4.39 Å². The maximum absolute atomic E-state index is 12.8. The Labute approximate surface area is 71.4 Å². The monoisotopic (exact) mass is 163 g/mol. The molecule has 0 aromatic heterocycles. The topological polar surface area (TPSA) is 23.8 Å². The molecule has 1 aromatic carbocycles. The van der Waals surface area contributed by atoms with Crippen LogP contribution >= 0.6 is 0 Å². The third-order valence-corrected chi connectivity index (χ3v) is 1.92. The Morgan fingerprint density at radius 1 is 1.33 bits per heavy atom. The summed E-state index contributed by atoms with van der Waals surface area (Å²) in [6, 6.07) is 4.98. The molecule has 0 N–H and O–H groups in total. The second-order valence-corrected chi connectivity index (χ2v) is 2.85. The van der Waals surface area contributed by atoms with Gasteiger partial charge in [-0.05, 0) is 42.7 Å². The molecule has 0 amide bonds. The third kappa shape index (κ3) is 1.62. The molecular weight excluding hydrogens is 153 g/mol. The van der Waals surface area contributed by atoms with Crippen LogP contribution in [0.2, 0.25) is 0 Å². The van der Waals surface area contributed by atoms with E-state index in [2.05, 4.69) is 6.07 Å². The molecule has 0 spiro atoms. The van der Waals surface area contributed by atoms with E-state index in [-0.39, 0.29) is 5.82 Å². The van der Waals surface area contributed by atoms with Gasteiger partial charge in [-0.25, -0.2) is 4.39 Å². The predicted octanol–water partition coefficient (Wildman–Crippen LogP) is 2.51. The van der Waals surface area contributed by atoms with Crippen molar-refractivity contribution in [2.45, 2.75) is 20.3 Å². The second-order valence-electron chi connectivity index (χ2n) is 2.85. The van der Waals surface area contributed by atoms with Crippen molar-refractivity contribution in [1.82, 2.24) is 0 Å². The van der Waals surface area contributed by atoms with E-state index < -0.39 is 0 Å². The summed E-state index contributed by atoms with van der Waals surface area (Å²) < 4.78 is 12.8. The first-order chi connectivity index (χ1) is 5.65. The Balaban J connectivity index is 3.21. The number of halogens is 1. The summed E-state index contributed by atoms with van der Waals surface area (Å²) in [6.45, 7) is 3.64. The van der Waals surface area contributed by atoms with Gasteiger partial charge in [-0.2, -0.15) is 5.26 Å². The van der Waals surface area contributed by atoms with E-state index in [1.54, 1.807) is 0 Å². The van der Waals surface area contributed by atoms with Crippen molar-refractivity contribution in [2.75, 3.05) is 0 Å². The molecule has 62 valence electrons. The Kier molecular flexibility index (Phi) is 2.44. The average molecular weight is 163 g/mol. The summed E-state index contributed by atoms with van der Waals surface area (Å²) >= 11 is 0. The van der Waals surface area contributed by atoms with Crippen LogP contribution in [-0.4, -0.2) is 0 Å². The molecule has 0 aliphatic rings. The minimum Gasteiger partial charge on any atom is -0.207 e. The van der Waals surface area contributed by atoms with Gasteiger partial charge in [0.1, 0.15) is 5.82 Å². The van der Waals surface area contributed by atoms with Crippen molar-refractivity contribution in [2.24, 2.45) is 0 Å². The highest BCUT2D eigenvalue weighted by molar-refractivity contribution is 5.35. The largest absolute Gasteiger partial charge is 0.207 e. The Hall–Kier alpha value is -1.36. The van der Waals surface area contributed by atoms with Gasteiger partial charge in [0.15, 0.2) is 0 Å². The van der Waals surface area contributed by atoms with Gasteiger partial charge in [-0.1, -0.05) is 0 Å². The van der Waals surface area contributed by atoms with Gasteiger partial charge in [0.2, 0.25) is 0 Å². The molecular formula is C10H10FN. The minimum atomic E-state index is -0.230. The number of benzene rings is 1. The van der Waals surface area contributed by atoms with Crippen molar-refractivity contribution >= 4 is 0 Å². The first-order valence-electron chi connectivity index (χ1n) is 3.77.